The molecule has 1 atom stereocenters. The fourth-order valence-electron chi connectivity index (χ4n) is 1.73. The van der Waals surface area contributed by atoms with Crippen molar-refractivity contribution in [2.24, 2.45) is 5.84 Å². The first-order valence-corrected chi connectivity index (χ1v) is 5.34. The van der Waals surface area contributed by atoms with Crippen molar-refractivity contribution in [1.82, 2.24) is 20.8 Å². The SMILES string of the molecule is COc1ccc(C(NN)c2cn[nH]n2)cc1OC. The molecule has 0 aliphatic heterocycles. The molecule has 1 aromatic heterocycles. The molecule has 2 rings (SSSR count). The predicted molar refractivity (Wildman–Crippen MR) is 65.1 cm³/mol. The molecule has 0 bridgehead atoms. The summed E-state index contributed by atoms with van der Waals surface area (Å²) < 4.78 is 10.4. The van der Waals surface area contributed by atoms with Crippen molar-refractivity contribution in [3.05, 3.63) is 35.7 Å². The number of nitrogens with zero attached hydrogens (tertiary/aromatic N) is 2. The second kappa shape index (κ2) is 5.48. The lowest BCUT2D eigenvalue weighted by molar-refractivity contribution is 0.354. The molecule has 0 saturated heterocycles. The summed E-state index contributed by atoms with van der Waals surface area (Å²) in [7, 11) is 3.18. The molecule has 2 aromatic rings. The highest BCUT2D eigenvalue weighted by Gasteiger charge is 2.17. The van der Waals surface area contributed by atoms with Crippen LogP contribution in [0.25, 0.3) is 0 Å². The fraction of sp³-hybridized carbons (Fsp3) is 0.273. The topological polar surface area (TPSA) is 98.1 Å². The lowest BCUT2D eigenvalue weighted by Gasteiger charge is -2.15. The Bertz CT molecular complexity index is 500. The fourth-order valence-corrected chi connectivity index (χ4v) is 1.73. The number of aromatic nitrogens is 3. The maximum Gasteiger partial charge on any atom is 0.161 e. The van der Waals surface area contributed by atoms with Crippen molar-refractivity contribution >= 4 is 0 Å². The first kappa shape index (κ1) is 12.3. The van der Waals surface area contributed by atoms with Gasteiger partial charge in [0.05, 0.1) is 26.5 Å². The van der Waals surface area contributed by atoms with E-state index >= 15 is 0 Å². The number of hydrogen-bond donors (Lipinski definition) is 3. The van der Waals surface area contributed by atoms with E-state index in [9.17, 15) is 0 Å². The number of hydrogen-bond acceptors (Lipinski definition) is 6. The molecular formula is C11H15N5O2. The minimum Gasteiger partial charge on any atom is -0.493 e. The van der Waals surface area contributed by atoms with Crippen molar-refractivity contribution in [3.8, 4) is 11.5 Å². The zero-order chi connectivity index (χ0) is 13.0. The monoisotopic (exact) mass is 249 g/mol. The Hall–Kier alpha value is -2.12. The number of H-pyrrole nitrogens is 1. The molecule has 7 heteroatoms. The zero-order valence-electron chi connectivity index (χ0n) is 10.2. The van der Waals surface area contributed by atoms with E-state index in [-0.39, 0.29) is 6.04 Å². The van der Waals surface area contributed by atoms with Gasteiger partial charge in [-0.25, -0.2) is 5.43 Å². The Balaban J connectivity index is 2.37. The van der Waals surface area contributed by atoms with E-state index in [4.69, 9.17) is 15.3 Å². The predicted octanol–water partition coefficient (Wildman–Crippen LogP) is 0.375. The summed E-state index contributed by atoms with van der Waals surface area (Å²) in [6, 6.07) is 5.29. The summed E-state index contributed by atoms with van der Waals surface area (Å²) in [5, 5.41) is 10.3. The molecule has 18 heavy (non-hydrogen) atoms. The quantitative estimate of drug-likeness (QED) is 0.523. The molecule has 0 aliphatic carbocycles. The Morgan fingerprint density at radius 3 is 2.61 bits per heavy atom. The maximum atomic E-state index is 5.55. The van der Waals surface area contributed by atoms with Gasteiger partial charge >= 0.3 is 0 Å². The van der Waals surface area contributed by atoms with E-state index in [1.165, 1.54) is 0 Å². The van der Waals surface area contributed by atoms with Crippen molar-refractivity contribution in [3.63, 3.8) is 0 Å². The Morgan fingerprint density at radius 1 is 1.28 bits per heavy atom. The molecular weight excluding hydrogens is 234 g/mol. The van der Waals surface area contributed by atoms with Gasteiger partial charge in [-0.1, -0.05) is 6.07 Å². The summed E-state index contributed by atoms with van der Waals surface area (Å²) in [6.45, 7) is 0. The van der Waals surface area contributed by atoms with Gasteiger partial charge < -0.3 is 9.47 Å². The van der Waals surface area contributed by atoms with Crippen LogP contribution in [-0.2, 0) is 0 Å². The number of rotatable bonds is 5. The van der Waals surface area contributed by atoms with E-state index < -0.39 is 0 Å². The van der Waals surface area contributed by atoms with Crippen LogP contribution in [0.1, 0.15) is 17.3 Å². The second-order valence-corrected chi connectivity index (χ2v) is 3.61. The van der Waals surface area contributed by atoms with Crippen molar-refractivity contribution in [2.75, 3.05) is 14.2 Å². The lowest BCUT2D eigenvalue weighted by atomic mass is 10.0. The van der Waals surface area contributed by atoms with Gasteiger partial charge in [-0.2, -0.15) is 15.4 Å². The standard InChI is InChI=1S/C11H15N5O2/c1-17-9-4-3-7(5-10(9)18-2)11(14-12)8-6-13-16-15-8/h3-6,11,14H,12H2,1-2H3,(H,13,15,16). The van der Waals surface area contributed by atoms with Crippen molar-refractivity contribution < 1.29 is 9.47 Å². The average Bonchev–Trinajstić information content (AvgIpc) is 2.93. The Morgan fingerprint density at radius 2 is 2.06 bits per heavy atom. The molecule has 0 saturated carbocycles. The van der Waals surface area contributed by atoms with Crippen LogP contribution in [-0.4, -0.2) is 29.6 Å². The molecule has 4 N–H and O–H groups in total. The van der Waals surface area contributed by atoms with Crippen LogP contribution in [0.15, 0.2) is 24.4 Å². The summed E-state index contributed by atoms with van der Waals surface area (Å²) in [5.41, 5.74) is 4.30. The van der Waals surface area contributed by atoms with Crippen LogP contribution in [0.5, 0.6) is 11.5 Å². The third-order valence-corrected chi connectivity index (χ3v) is 2.64. The van der Waals surface area contributed by atoms with Crippen molar-refractivity contribution in [1.29, 1.82) is 0 Å². The van der Waals surface area contributed by atoms with E-state index in [1.807, 2.05) is 18.2 Å². The van der Waals surface area contributed by atoms with Gasteiger partial charge in [0.25, 0.3) is 0 Å². The average molecular weight is 249 g/mol. The molecule has 0 amide bonds. The van der Waals surface area contributed by atoms with Crippen LogP contribution in [0, 0.1) is 0 Å². The minimum absolute atomic E-state index is 0.261. The highest BCUT2D eigenvalue weighted by molar-refractivity contribution is 5.45. The largest absolute Gasteiger partial charge is 0.493 e. The number of aromatic amines is 1. The van der Waals surface area contributed by atoms with E-state index in [1.54, 1.807) is 20.4 Å². The molecule has 0 radical (unpaired) electrons. The van der Waals surface area contributed by atoms with Gasteiger partial charge in [-0.05, 0) is 17.7 Å². The molecule has 96 valence electrons. The van der Waals surface area contributed by atoms with Crippen LogP contribution in [0.3, 0.4) is 0 Å². The van der Waals surface area contributed by atoms with Crippen molar-refractivity contribution in [2.45, 2.75) is 6.04 Å². The summed E-state index contributed by atoms with van der Waals surface area (Å²) in [5.74, 6) is 6.86. The van der Waals surface area contributed by atoms with Gasteiger partial charge in [-0.3, -0.25) is 5.84 Å². The van der Waals surface area contributed by atoms with Crippen LogP contribution in [0.2, 0.25) is 0 Å². The number of nitrogens with one attached hydrogen (secondary N) is 2. The Kier molecular flexibility index (Phi) is 3.75. The molecule has 1 unspecified atom stereocenters. The number of methoxy groups -OCH3 is 2. The second-order valence-electron chi connectivity index (χ2n) is 3.61. The third kappa shape index (κ3) is 2.27. The van der Waals surface area contributed by atoms with Gasteiger partial charge in [0.2, 0.25) is 0 Å². The highest BCUT2D eigenvalue weighted by atomic mass is 16.5. The first-order chi connectivity index (χ1) is 8.80. The lowest BCUT2D eigenvalue weighted by Crippen LogP contribution is -2.29. The Labute approximate surface area is 104 Å². The van der Waals surface area contributed by atoms with E-state index in [0.717, 1.165) is 5.56 Å². The van der Waals surface area contributed by atoms with Gasteiger partial charge in [0.15, 0.2) is 11.5 Å². The van der Waals surface area contributed by atoms with Gasteiger partial charge in [0.1, 0.15) is 5.69 Å². The number of hydrazine groups is 1. The first-order valence-electron chi connectivity index (χ1n) is 5.34. The summed E-state index contributed by atoms with van der Waals surface area (Å²) >= 11 is 0. The number of ether oxygens (including phenoxy) is 2. The summed E-state index contributed by atoms with van der Waals surface area (Å²) in [4.78, 5) is 0. The number of benzene rings is 1. The molecule has 1 heterocycles. The van der Waals surface area contributed by atoms with Crippen LogP contribution in [0.4, 0.5) is 0 Å². The van der Waals surface area contributed by atoms with Crippen LogP contribution >= 0.6 is 0 Å². The maximum absolute atomic E-state index is 5.55. The molecule has 0 spiro atoms. The number of nitrogens with two attached hydrogens (primary N) is 1. The molecule has 7 nitrogen and oxygen atoms in total. The molecule has 0 fully saturated rings. The smallest absolute Gasteiger partial charge is 0.161 e. The minimum atomic E-state index is -0.261. The molecule has 0 aliphatic rings. The third-order valence-electron chi connectivity index (χ3n) is 2.64. The summed E-state index contributed by atoms with van der Waals surface area (Å²) in [6.07, 6.45) is 1.61. The van der Waals surface area contributed by atoms with Crippen LogP contribution < -0.4 is 20.7 Å². The molecule has 1 aromatic carbocycles. The highest BCUT2D eigenvalue weighted by Crippen LogP contribution is 2.31. The zero-order valence-corrected chi connectivity index (χ0v) is 10.2. The van der Waals surface area contributed by atoms with Gasteiger partial charge in [-0.15, -0.1) is 0 Å². The van der Waals surface area contributed by atoms with E-state index in [2.05, 4.69) is 20.8 Å². The van der Waals surface area contributed by atoms with E-state index in [0.29, 0.717) is 17.2 Å². The normalized spacial score (nSPS) is 12.2. The van der Waals surface area contributed by atoms with Gasteiger partial charge in [0, 0.05) is 0 Å².